The minimum atomic E-state index is -1.78. The number of carbonyl (C=O) groups is 2. The van der Waals surface area contributed by atoms with Crippen LogP contribution in [0.15, 0.2) is 86.0 Å². The van der Waals surface area contributed by atoms with Crippen LogP contribution >= 0.6 is 0 Å². The number of aliphatic hydroxyl groups excluding tert-OH is 1. The van der Waals surface area contributed by atoms with E-state index in [1.165, 1.54) is 11.1 Å². The molecule has 2 amide bonds. The fourth-order valence-corrected chi connectivity index (χ4v) is 11.0. The van der Waals surface area contributed by atoms with Crippen LogP contribution in [0.25, 0.3) is 11.3 Å². The highest BCUT2D eigenvalue weighted by Crippen LogP contribution is 2.38. The predicted molar refractivity (Wildman–Crippen MR) is 260 cm³/mol. The molecular formula is C50H66N12O4Si. The molecule has 4 fully saturated rings. The lowest BCUT2D eigenvalue weighted by Gasteiger charge is -2.38. The Balaban J connectivity index is 0.000000171. The lowest BCUT2D eigenvalue weighted by atomic mass is 9.96. The molecule has 4 saturated heterocycles. The highest BCUT2D eigenvalue weighted by atomic mass is 28.4. The van der Waals surface area contributed by atoms with E-state index >= 15 is 0 Å². The molecule has 4 aliphatic rings. The van der Waals surface area contributed by atoms with Gasteiger partial charge in [-0.3, -0.25) is 9.59 Å². The Morgan fingerprint density at radius 3 is 1.61 bits per heavy atom. The Labute approximate surface area is 394 Å². The summed E-state index contributed by atoms with van der Waals surface area (Å²) in [5.41, 5.74) is 6.13. The van der Waals surface area contributed by atoms with Crippen LogP contribution in [0.5, 0.6) is 0 Å². The van der Waals surface area contributed by atoms with E-state index in [0.29, 0.717) is 18.4 Å². The first-order valence-electron chi connectivity index (χ1n) is 24.1. The van der Waals surface area contributed by atoms with Gasteiger partial charge in [0.25, 0.3) is 0 Å². The van der Waals surface area contributed by atoms with Crippen molar-refractivity contribution in [3.8, 4) is 0 Å². The highest BCUT2D eigenvalue weighted by molar-refractivity contribution is 6.74. The van der Waals surface area contributed by atoms with E-state index < -0.39 is 8.32 Å². The van der Waals surface area contributed by atoms with Crippen molar-refractivity contribution in [2.24, 2.45) is 11.8 Å². The third-order valence-corrected chi connectivity index (χ3v) is 19.4. The van der Waals surface area contributed by atoms with Gasteiger partial charge in [0.15, 0.2) is 19.6 Å². The second-order valence-electron chi connectivity index (χ2n) is 20.3. The Hall–Kier alpha value is -5.78. The minimum Gasteiger partial charge on any atom is -0.413 e. The smallest absolute Gasteiger partial charge is 0.226 e. The summed E-state index contributed by atoms with van der Waals surface area (Å²) in [5.74, 6) is 2.78. The van der Waals surface area contributed by atoms with E-state index in [2.05, 4.69) is 103 Å². The molecule has 4 atom stereocenters. The van der Waals surface area contributed by atoms with Crippen LogP contribution in [0, 0.1) is 11.8 Å². The van der Waals surface area contributed by atoms with Gasteiger partial charge in [0.1, 0.15) is 24.3 Å². The zero-order valence-corrected chi connectivity index (χ0v) is 40.7. The normalized spacial score (nSPS) is 21.0. The van der Waals surface area contributed by atoms with Crippen LogP contribution in [-0.2, 0) is 40.1 Å². The third kappa shape index (κ3) is 10.2. The average Bonchev–Trinajstić information content (AvgIpc) is 4.15. The number of rotatable bonds is 14. The van der Waals surface area contributed by atoms with E-state index in [4.69, 9.17) is 9.41 Å². The van der Waals surface area contributed by atoms with Crippen LogP contribution in [0.2, 0.25) is 18.1 Å². The molecular weight excluding hydrogens is 861 g/mol. The van der Waals surface area contributed by atoms with Gasteiger partial charge in [0.05, 0.1) is 25.3 Å². The fraction of sp³-hybridized carbons (Fsp3) is 0.520. The van der Waals surface area contributed by atoms with Gasteiger partial charge in [-0.1, -0.05) is 45.0 Å². The molecule has 354 valence electrons. The number of hydrogen-bond donors (Lipinski definition) is 1. The molecule has 6 aromatic heterocycles. The van der Waals surface area contributed by atoms with E-state index in [0.717, 1.165) is 125 Å². The first-order chi connectivity index (χ1) is 32.3. The second kappa shape index (κ2) is 19.8. The van der Waals surface area contributed by atoms with Gasteiger partial charge in [-0.05, 0) is 116 Å². The standard InChI is InChI=1S/C28H40N6O2Si.C22H26N6O2/c1-28(2,3)37(4,5)36-19-21-11-12-25(29-17-21)32-14-15-33-24(18-32)16-23(27(33)35)9-6-8-22-10-7-13-34-26(22)30-20-31-34;29-14-16-6-7-20(23-12-16)26-9-10-27-19(13-26)11-18(22(27)30)4-1-3-17-5-2-8-28-21(17)24-15-25-28/h7,10-13,17,20,23-24H,6,8-9,14-16,18-19H2,1-5H3;2,5-8,12,15,18-19,29H,1,3-4,9-11,13-14H2/t23-,24-;18-,19-/m00/s1. The molecule has 17 heteroatoms. The number of nitrogens with zero attached hydrogens (tertiary/aromatic N) is 12. The van der Waals surface area contributed by atoms with Crippen LogP contribution in [0.1, 0.15) is 81.5 Å². The van der Waals surface area contributed by atoms with Crippen molar-refractivity contribution in [3.05, 3.63) is 108 Å². The quantitative estimate of drug-likeness (QED) is 0.120. The fourth-order valence-electron chi connectivity index (χ4n) is 10.1. The number of piperazine rings is 2. The van der Waals surface area contributed by atoms with Crippen LogP contribution in [0.4, 0.5) is 11.6 Å². The SMILES string of the molecule is CC(C)(C)[Si](C)(C)OCc1ccc(N2CCN3C(=O)[C@@H](CCCc4cccn5ncnc45)C[C@H]3C2)nc1.O=C1[C@@H](CCCc2cccn3ncnc23)C[C@H]2CN(c3ccc(CO)cn3)CCN12. The van der Waals surface area contributed by atoms with Gasteiger partial charge in [0.2, 0.25) is 11.8 Å². The second-order valence-corrected chi connectivity index (χ2v) is 25.1. The maximum Gasteiger partial charge on any atom is 0.226 e. The number of fused-ring (bicyclic) bond motifs is 4. The van der Waals surface area contributed by atoms with Crippen molar-refractivity contribution in [2.75, 3.05) is 49.1 Å². The molecule has 4 aliphatic heterocycles. The molecule has 10 heterocycles. The third-order valence-electron chi connectivity index (χ3n) is 15.0. The van der Waals surface area contributed by atoms with E-state index in [9.17, 15) is 14.7 Å². The van der Waals surface area contributed by atoms with E-state index in [1.807, 2.05) is 47.4 Å². The molecule has 1 N–H and O–H groups in total. The molecule has 6 aromatic rings. The molecule has 0 unspecified atom stereocenters. The Morgan fingerprint density at radius 1 is 0.672 bits per heavy atom. The summed E-state index contributed by atoms with van der Waals surface area (Å²) in [6.45, 7) is 16.8. The van der Waals surface area contributed by atoms with Crippen LogP contribution in [0.3, 0.4) is 0 Å². The summed E-state index contributed by atoms with van der Waals surface area (Å²) in [6, 6.07) is 16.9. The number of aliphatic hydroxyl groups is 1. The molecule has 16 nitrogen and oxygen atoms in total. The first-order valence-corrected chi connectivity index (χ1v) is 27.1. The Kier molecular flexibility index (Phi) is 13.7. The van der Waals surface area contributed by atoms with Crippen LogP contribution in [-0.4, -0.2) is 126 Å². The zero-order chi connectivity index (χ0) is 46.7. The van der Waals surface area contributed by atoms with Gasteiger partial charge < -0.3 is 29.1 Å². The molecule has 0 bridgehead atoms. The van der Waals surface area contributed by atoms with E-state index in [-0.39, 0.29) is 35.6 Å². The van der Waals surface area contributed by atoms with Crippen molar-refractivity contribution >= 4 is 43.1 Å². The summed E-state index contributed by atoms with van der Waals surface area (Å²) >= 11 is 0. The van der Waals surface area contributed by atoms with Crippen LogP contribution < -0.4 is 9.80 Å². The maximum atomic E-state index is 13.1. The minimum absolute atomic E-state index is 0.00541. The Morgan fingerprint density at radius 2 is 1.16 bits per heavy atom. The summed E-state index contributed by atoms with van der Waals surface area (Å²) < 4.78 is 9.97. The molecule has 0 saturated carbocycles. The first kappa shape index (κ1) is 46.3. The van der Waals surface area contributed by atoms with Gasteiger partial charge >= 0.3 is 0 Å². The average molecular weight is 927 g/mol. The molecule has 10 rings (SSSR count). The van der Waals surface area contributed by atoms with E-state index in [1.54, 1.807) is 23.4 Å². The Bertz CT molecular complexity index is 2630. The van der Waals surface area contributed by atoms with Crippen molar-refractivity contribution < 1.29 is 19.1 Å². The number of pyridine rings is 4. The van der Waals surface area contributed by atoms with Gasteiger partial charge in [-0.2, -0.15) is 10.2 Å². The van der Waals surface area contributed by atoms with Crippen molar-refractivity contribution in [1.82, 2.24) is 49.0 Å². The van der Waals surface area contributed by atoms with Crippen molar-refractivity contribution in [1.29, 1.82) is 0 Å². The predicted octanol–water partition coefficient (Wildman–Crippen LogP) is 6.38. The maximum absolute atomic E-state index is 13.1. The summed E-state index contributed by atoms with van der Waals surface area (Å²) in [6.07, 6.45) is 18.1. The largest absolute Gasteiger partial charge is 0.413 e. The highest BCUT2D eigenvalue weighted by Gasteiger charge is 2.43. The lowest BCUT2D eigenvalue weighted by Crippen LogP contribution is -2.51. The molecule has 0 aromatic carbocycles. The number of anilines is 2. The number of hydrogen-bond acceptors (Lipinski definition) is 12. The van der Waals surface area contributed by atoms with Crippen molar-refractivity contribution in [2.45, 2.75) is 116 Å². The molecule has 67 heavy (non-hydrogen) atoms. The molecule has 0 aliphatic carbocycles. The van der Waals surface area contributed by atoms with Gasteiger partial charge in [-0.15, -0.1) is 0 Å². The number of carbonyl (C=O) groups excluding carboxylic acids is 2. The van der Waals surface area contributed by atoms with Crippen molar-refractivity contribution in [3.63, 3.8) is 0 Å². The number of amides is 2. The molecule has 0 radical (unpaired) electrons. The van der Waals surface area contributed by atoms with Gasteiger partial charge in [-0.25, -0.2) is 29.0 Å². The number of aromatic nitrogens is 8. The summed E-state index contributed by atoms with van der Waals surface area (Å²) in [4.78, 5) is 52.8. The molecule has 0 spiro atoms. The monoisotopic (exact) mass is 927 g/mol. The summed E-state index contributed by atoms with van der Waals surface area (Å²) in [7, 11) is -1.78. The topological polar surface area (TPSA) is 163 Å². The number of aryl methyl sites for hydroxylation is 2. The summed E-state index contributed by atoms with van der Waals surface area (Å²) in [5, 5.41) is 17.8. The lowest BCUT2D eigenvalue weighted by molar-refractivity contribution is -0.133. The zero-order valence-electron chi connectivity index (χ0n) is 39.7. The van der Waals surface area contributed by atoms with Gasteiger partial charge in [0, 0.05) is 75.9 Å².